The summed E-state index contributed by atoms with van der Waals surface area (Å²) in [6.45, 7) is -0.0836. The fourth-order valence-electron chi connectivity index (χ4n) is 3.03. The van der Waals surface area contributed by atoms with E-state index >= 15 is 0 Å². The van der Waals surface area contributed by atoms with Crippen molar-refractivity contribution in [3.8, 4) is 17.1 Å². The minimum atomic E-state index is -6.30. The molecule has 2 N–H and O–H groups in total. The third kappa shape index (κ3) is 4.61. The summed E-state index contributed by atoms with van der Waals surface area (Å²) in [6, 6.07) is 6.04. The van der Waals surface area contributed by atoms with Crippen molar-refractivity contribution in [2.24, 2.45) is 7.05 Å². The van der Waals surface area contributed by atoms with Crippen LogP contribution >= 0.6 is 0 Å². The van der Waals surface area contributed by atoms with Crippen LogP contribution in [-0.4, -0.2) is 36.7 Å². The first kappa shape index (κ1) is 24.0. The van der Waals surface area contributed by atoms with Crippen molar-refractivity contribution < 1.29 is 45.0 Å². The number of amides is 1. The van der Waals surface area contributed by atoms with Crippen LogP contribution in [0.4, 0.5) is 39.9 Å². The predicted octanol–water partition coefficient (Wildman–Crippen LogP) is 4.71. The summed E-state index contributed by atoms with van der Waals surface area (Å²) < 4.78 is 108. The molecule has 0 bridgehead atoms. The molecule has 15 heteroatoms. The number of carboxylic acid groups (broad SMARTS) is 1. The summed E-state index contributed by atoms with van der Waals surface area (Å²) in [5.74, 6) is -6.95. The first-order chi connectivity index (χ1) is 15.1. The second kappa shape index (κ2) is 8.04. The van der Waals surface area contributed by atoms with E-state index in [1.807, 2.05) is 0 Å². The highest BCUT2D eigenvalue weighted by molar-refractivity contribution is 5.65. The van der Waals surface area contributed by atoms with Crippen LogP contribution in [-0.2, 0) is 25.7 Å². The van der Waals surface area contributed by atoms with E-state index in [4.69, 9.17) is 5.11 Å². The molecule has 2 aromatic heterocycles. The van der Waals surface area contributed by atoms with Crippen molar-refractivity contribution >= 4 is 6.09 Å². The van der Waals surface area contributed by atoms with E-state index in [9.17, 15) is 39.9 Å². The van der Waals surface area contributed by atoms with Gasteiger partial charge in [-0.05, 0) is 11.6 Å². The predicted molar refractivity (Wildman–Crippen MR) is 95.6 cm³/mol. The quantitative estimate of drug-likeness (QED) is 0.515. The van der Waals surface area contributed by atoms with E-state index in [2.05, 4.69) is 15.4 Å². The molecule has 0 saturated heterocycles. The molecule has 1 amide bonds. The van der Waals surface area contributed by atoms with Crippen molar-refractivity contribution in [3.05, 3.63) is 53.6 Å². The van der Waals surface area contributed by atoms with Crippen molar-refractivity contribution in [3.63, 3.8) is 0 Å². The van der Waals surface area contributed by atoms with Gasteiger partial charge in [-0.3, -0.25) is 9.25 Å². The molecule has 0 spiro atoms. The number of benzene rings is 1. The lowest BCUT2D eigenvalue weighted by molar-refractivity contribution is -0.292. The van der Waals surface area contributed by atoms with Gasteiger partial charge >= 0.3 is 24.4 Å². The second-order valence-corrected chi connectivity index (χ2v) is 6.77. The molecule has 1 aromatic carbocycles. The van der Waals surface area contributed by atoms with Crippen LogP contribution in [0.2, 0.25) is 0 Å². The fourth-order valence-corrected chi connectivity index (χ4v) is 3.03. The Morgan fingerprint density at radius 1 is 1.12 bits per heavy atom. The Morgan fingerprint density at radius 2 is 1.79 bits per heavy atom. The summed E-state index contributed by atoms with van der Waals surface area (Å²) in [7, 11) is 0.790. The molecule has 0 fully saturated rings. The lowest BCUT2D eigenvalue weighted by atomic mass is 10.1. The fraction of sp³-hybridized carbons (Fsp3) is 0.278. The van der Waals surface area contributed by atoms with Crippen LogP contribution in [0.25, 0.3) is 17.1 Å². The molecular formula is C18H13F8N5O2. The van der Waals surface area contributed by atoms with Crippen LogP contribution in [0.3, 0.4) is 0 Å². The van der Waals surface area contributed by atoms with Crippen molar-refractivity contribution in [1.82, 2.24) is 24.6 Å². The van der Waals surface area contributed by atoms with E-state index < -0.39 is 41.4 Å². The monoisotopic (exact) mass is 483 g/mol. The third-order valence-electron chi connectivity index (χ3n) is 4.45. The van der Waals surface area contributed by atoms with Gasteiger partial charge in [-0.25, -0.2) is 9.78 Å². The van der Waals surface area contributed by atoms with E-state index in [0.717, 1.165) is 19.6 Å². The molecule has 3 rings (SSSR count). The summed E-state index contributed by atoms with van der Waals surface area (Å²) in [5.41, 5.74) is -3.87. The first-order valence-electron chi connectivity index (χ1n) is 8.82. The van der Waals surface area contributed by atoms with Crippen molar-refractivity contribution in [2.75, 3.05) is 0 Å². The number of carbonyl (C=O) groups is 1. The second-order valence-electron chi connectivity index (χ2n) is 6.77. The molecule has 0 radical (unpaired) electrons. The SMILES string of the molecule is Cn1nc(C(F)(F)C(F)(F)F)c(C(F)(F)F)c1-n1cnc(-c2cccc(CNC(=O)O)c2)c1. The zero-order valence-electron chi connectivity index (χ0n) is 16.3. The van der Waals surface area contributed by atoms with Crippen LogP contribution in [0.1, 0.15) is 16.8 Å². The number of rotatable bonds is 5. The summed E-state index contributed by atoms with van der Waals surface area (Å²) in [5, 5.41) is 13.6. The van der Waals surface area contributed by atoms with Gasteiger partial charge in [-0.15, -0.1) is 0 Å². The third-order valence-corrected chi connectivity index (χ3v) is 4.45. The van der Waals surface area contributed by atoms with Gasteiger partial charge in [0.15, 0.2) is 5.69 Å². The van der Waals surface area contributed by atoms with Crippen LogP contribution < -0.4 is 5.32 Å². The molecule has 0 aliphatic heterocycles. The topological polar surface area (TPSA) is 85.0 Å². The van der Waals surface area contributed by atoms with Crippen molar-refractivity contribution in [1.29, 1.82) is 0 Å². The van der Waals surface area contributed by atoms with E-state index in [1.54, 1.807) is 6.07 Å². The standard InChI is InChI=1S/C18H13F8N5O2/c1-30-14(12(17(21,22)23)13(29-30)16(19,20)18(24,25)26)31-7-11(28-8-31)10-4-2-3-9(5-10)6-27-15(32)33/h2-5,7-8,27H,6H2,1H3,(H,32,33). The highest BCUT2D eigenvalue weighted by atomic mass is 19.4. The molecule has 0 atom stereocenters. The van der Waals surface area contributed by atoms with Gasteiger partial charge in [-0.1, -0.05) is 18.2 Å². The first-order valence-corrected chi connectivity index (χ1v) is 8.82. The minimum absolute atomic E-state index is 0.0469. The maximum absolute atomic E-state index is 13.8. The Bertz CT molecular complexity index is 1180. The smallest absolute Gasteiger partial charge is 0.459 e. The Labute approximate surface area is 179 Å². The van der Waals surface area contributed by atoms with E-state index in [-0.39, 0.29) is 16.9 Å². The number of alkyl halides is 8. The van der Waals surface area contributed by atoms with Crippen LogP contribution in [0, 0.1) is 0 Å². The summed E-state index contributed by atoms with van der Waals surface area (Å²) >= 11 is 0. The Morgan fingerprint density at radius 3 is 2.36 bits per heavy atom. The number of nitrogens with one attached hydrogen (secondary N) is 1. The highest BCUT2D eigenvalue weighted by Crippen LogP contribution is 2.49. The lowest BCUT2D eigenvalue weighted by Crippen LogP contribution is -2.36. The lowest BCUT2D eigenvalue weighted by Gasteiger charge is -2.19. The zero-order chi connectivity index (χ0) is 24.8. The van der Waals surface area contributed by atoms with Gasteiger partial charge in [0.2, 0.25) is 0 Å². The number of hydrogen-bond acceptors (Lipinski definition) is 3. The number of aryl methyl sites for hydroxylation is 1. The van der Waals surface area contributed by atoms with Gasteiger partial charge in [0, 0.05) is 25.4 Å². The maximum Gasteiger partial charge on any atom is 0.459 e. The molecule has 0 saturated carbocycles. The largest absolute Gasteiger partial charge is 0.465 e. The molecule has 0 aliphatic rings. The Hall–Kier alpha value is -3.65. The highest BCUT2D eigenvalue weighted by Gasteiger charge is 2.64. The number of aromatic nitrogens is 4. The average molecular weight is 483 g/mol. The van der Waals surface area contributed by atoms with Crippen LogP contribution in [0.15, 0.2) is 36.8 Å². The average Bonchev–Trinajstić information content (AvgIpc) is 3.30. The molecule has 0 aliphatic carbocycles. The zero-order valence-corrected chi connectivity index (χ0v) is 16.3. The minimum Gasteiger partial charge on any atom is -0.465 e. The molecule has 33 heavy (non-hydrogen) atoms. The number of halogens is 8. The van der Waals surface area contributed by atoms with E-state index in [1.165, 1.54) is 18.2 Å². The number of imidazole rings is 1. The molecular weight excluding hydrogens is 470 g/mol. The van der Waals surface area contributed by atoms with Gasteiger partial charge in [-0.2, -0.15) is 40.2 Å². The summed E-state index contributed by atoms with van der Waals surface area (Å²) in [4.78, 5) is 14.5. The number of hydrogen-bond donors (Lipinski definition) is 2. The van der Waals surface area contributed by atoms with Gasteiger partial charge < -0.3 is 10.4 Å². The Kier molecular flexibility index (Phi) is 5.85. The molecule has 7 nitrogen and oxygen atoms in total. The molecule has 0 unspecified atom stereocenters. The van der Waals surface area contributed by atoms with Gasteiger partial charge in [0.05, 0.1) is 5.69 Å². The maximum atomic E-state index is 13.8. The molecule has 3 aromatic rings. The van der Waals surface area contributed by atoms with Gasteiger partial charge in [0.1, 0.15) is 17.7 Å². The normalized spacial score (nSPS) is 12.8. The number of nitrogens with zero attached hydrogens (tertiary/aromatic N) is 4. The molecule has 178 valence electrons. The summed E-state index contributed by atoms with van der Waals surface area (Å²) in [6.07, 6.45) is -11.4. The van der Waals surface area contributed by atoms with Gasteiger partial charge in [0.25, 0.3) is 0 Å². The van der Waals surface area contributed by atoms with E-state index in [0.29, 0.717) is 15.7 Å². The Balaban J connectivity index is 2.10. The van der Waals surface area contributed by atoms with Crippen molar-refractivity contribution in [2.45, 2.75) is 24.8 Å². The van der Waals surface area contributed by atoms with Crippen LogP contribution in [0.5, 0.6) is 0 Å². The molecule has 2 heterocycles.